The SMILES string of the molecule is O=C(N[C@@H]1Cc2ccccc2[C@H]1CS(=O)(=O)NCCO)c1cc2cc(Cl)sc2[nH]1. The zero-order chi connectivity index (χ0) is 20.6. The fourth-order valence-corrected chi connectivity index (χ4v) is 6.32. The number of carbonyl (C=O) groups is 1. The number of aromatic amines is 1. The molecule has 0 spiro atoms. The van der Waals surface area contributed by atoms with Crippen molar-refractivity contribution < 1.29 is 18.3 Å². The Morgan fingerprint density at radius 3 is 2.86 bits per heavy atom. The molecule has 154 valence electrons. The number of aliphatic hydroxyl groups is 1. The second-order valence-corrected chi connectivity index (χ2v) is 10.5. The highest BCUT2D eigenvalue weighted by molar-refractivity contribution is 7.89. The van der Waals surface area contributed by atoms with E-state index in [1.54, 1.807) is 12.1 Å². The minimum Gasteiger partial charge on any atom is -0.395 e. The summed E-state index contributed by atoms with van der Waals surface area (Å²) in [5.74, 6) is -0.824. The Labute approximate surface area is 177 Å². The van der Waals surface area contributed by atoms with Gasteiger partial charge < -0.3 is 15.4 Å². The van der Waals surface area contributed by atoms with Gasteiger partial charge in [0.05, 0.1) is 16.7 Å². The van der Waals surface area contributed by atoms with Crippen molar-refractivity contribution in [1.29, 1.82) is 0 Å². The van der Waals surface area contributed by atoms with Crippen molar-refractivity contribution >= 4 is 49.1 Å². The molecule has 3 aromatic rings. The van der Waals surface area contributed by atoms with E-state index in [2.05, 4.69) is 15.0 Å². The van der Waals surface area contributed by atoms with Gasteiger partial charge in [-0.05, 0) is 29.7 Å². The summed E-state index contributed by atoms with van der Waals surface area (Å²) in [5, 5.41) is 12.8. The lowest BCUT2D eigenvalue weighted by Crippen LogP contribution is -2.42. The van der Waals surface area contributed by atoms with Gasteiger partial charge in [0.2, 0.25) is 10.0 Å². The van der Waals surface area contributed by atoms with E-state index in [4.69, 9.17) is 16.7 Å². The molecule has 0 radical (unpaired) electrons. The van der Waals surface area contributed by atoms with Crippen LogP contribution in [0.3, 0.4) is 0 Å². The number of thiophene rings is 1. The van der Waals surface area contributed by atoms with E-state index >= 15 is 0 Å². The summed E-state index contributed by atoms with van der Waals surface area (Å²) in [5.41, 5.74) is 2.37. The van der Waals surface area contributed by atoms with Crippen LogP contribution >= 0.6 is 22.9 Å². The average molecular weight is 454 g/mol. The van der Waals surface area contributed by atoms with Crippen molar-refractivity contribution in [2.45, 2.75) is 18.4 Å². The number of halogens is 1. The van der Waals surface area contributed by atoms with Gasteiger partial charge in [-0.2, -0.15) is 0 Å². The predicted molar refractivity (Wildman–Crippen MR) is 114 cm³/mol. The number of H-pyrrole nitrogens is 1. The van der Waals surface area contributed by atoms with Crippen molar-refractivity contribution in [2.75, 3.05) is 18.9 Å². The summed E-state index contributed by atoms with van der Waals surface area (Å²) in [6.07, 6.45) is 0.559. The molecule has 29 heavy (non-hydrogen) atoms. The smallest absolute Gasteiger partial charge is 0.268 e. The van der Waals surface area contributed by atoms with Gasteiger partial charge in [0.25, 0.3) is 5.91 Å². The number of nitrogens with one attached hydrogen (secondary N) is 3. The predicted octanol–water partition coefficient (Wildman–Crippen LogP) is 2.23. The zero-order valence-electron chi connectivity index (χ0n) is 15.3. The van der Waals surface area contributed by atoms with Crippen molar-refractivity contribution in [3.05, 3.63) is 57.6 Å². The quantitative estimate of drug-likeness (QED) is 0.439. The second-order valence-electron chi connectivity index (χ2n) is 7.01. The van der Waals surface area contributed by atoms with Crippen LogP contribution in [0.2, 0.25) is 4.34 Å². The number of rotatable bonds is 7. The number of aliphatic hydroxyl groups excluding tert-OH is 1. The highest BCUT2D eigenvalue weighted by Crippen LogP contribution is 2.35. The molecule has 2 heterocycles. The molecule has 0 fully saturated rings. The standard InChI is InChI=1S/C19H20ClN3O4S2/c20-17-9-12-8-16(23-19(12)28-17)18(25)22-15-7-11-3-1-2-4-13(11)14(15)10-29(26,27)21-5-6-24/h1-4,8-9,14-15,21,23-24H,5-7,10H2,(H,22,25)/t14-,15-/m1/s1. The molecular weight excluding hydrogens is 434 g/mol. The van der Waals surface area contributed by atoms with Gasteiger partial charge in [-0.1, -0.05) is 35.9 Å². The number of benzene rings is 1. The van der Waals surface area contributed by atoms with Gasteiger partial charge in [0.15, 0.2) is 0 Å². The first-order valence-corrected chi connectivity index (χ1v) is 12.0. The molecule has 1 aliphatic carbocycles. The first kappa shape index (κ1) is 20.4. The molecule has 0 saturated carbocycles. The van der Waals surface area contributed by atoms with Crippen LogP contribution in [-0.2, 0) is 16.4 Å². The van der Waals surface area contributed by atoms with Crippen molar-refractivity contribution in [3.63, 3.8) is 0 Å². The maximum Gasteiger partial charge on any atom is 0.268 e. The monoisotopic (exact) mass is 453 g/mol. The number of amides is 1. The Hall–Kier alpha value is -1.91. The second kappa shape index (κ2) is 8.08. The Morgan fingerprint density at radius 1 is 1.31 bits per heavy atom. The van der Waals surface area contributed by atoms with Gasteiger partial charge in [-0.15, -0.1) is 11.3 Å². The van der Waals surface area contributed by atoms with E-state index in [0.29, 0.717) is 16.5 Å². The lowest BCUT2D eigenvalue weighted by molar-refractivity contribution is 0.0930. The summed E-state index contributed by atoms with van der Waals surface area (Å²) in [4.78, 5) is 16.7. The molecule has 1 aromatic carbocycles. The number of hydrogen-bond acceptors (Lipinski definition) is 5. The number of fused-ring (bicyclic) bond motifs is 2. The fourth-order valence-electron chi connectivity index (χ4n) is 3.79. The van der Waals surface area contributed by atoms with Gasteiger partial charge in [-0.25, -0.2) is 13.1 Å². The van der Waals surface area contributed by atoms with Crippen molar-refractivity contribution in [1.82, 2.24) is 15.0 Å². The summed E-state index contributed by atoms with van der Waals surface area (Å²) >= 11 is 7.34. The Balaban J connectivity index is 1.56. The highest BCUT2D eigenvalue weighted by atomic mass is 35.5. The van der Waals surface area contributed by atoms with Gasteiger partial charge >= 0.3 is 0 Å². The van der Waals surface area contributed by atoms with Crippen LogP contribution in [0.5, 0.6) is 0 Å². The maximum atomic E-state index is 12.8. The lowest BCUT2D eigenvalue weighted by Gasteiger charge is -2.22. The molecule has 4 N–H and O–H groups in total. The van der Waals surface area contributed by atoms with Crippen LogP contribution in [0.25, 0.3) is 10.2 Å². The molecule has 0 bridgehead atoms. The summed E-state index contributed by atoms with van der Waals surface area (Å²) in [7, 11) is -3.60. The molecule has 4 rings (SSSR count). The number of carbonyl (C=O) groups excluding carboxylic acids is 1. The third kappa shape index (κ3) is 4.34. The molecule has 0 saturated heterocycles. The van der Waals surface area contributed by atoms with E-state index < -0.39 is 10.0 Å². The molecular formula is C19H20ClN3O4S2. The van der Waals surface area contributed by atoms with E-state index in [-0.39, 0.29) is 36.8 Å². The largest absolute Gasteiger partial charge is 0.395 e. The first-order chi connectivity index (χ1) is 13.9. The maximum absolute atomic E-state index is 12.8. The minimum atomic E-state index is -3.60. The van der Waals surface area contributed by atoms with Gasteiger partial charge in [0.1, 0.15) is 10.5 Å². The van der Waals surface area contributed by atoms with Crippen LogP contribution < -0.4 is 10.0 Å². The first-order valence-electron chi connectivity index (χ1n) is 9.11. The van der Waals surface area contributed by atoms with Crippen molar-refractivity contribution in [3.8, 4) is 0 Å². The third-order valence-electron chi connectivity index (χ3n) is 5.05. The van der Waals surface area contributed by atoms with Crippen LogP contribution in [0.4, 0.5) is 0 Å². The Morgan fingerprint density at radius 2 is 2.10 bits per heavy atom. The molecule has 0 unspecified atom stereocenters. The van der Waals surface area contributed by atoms with Gasteiger partial charge in [-0.3, -0.25) is 4.79 Å². The third-order valence-corrected chi connectivity index (χ3v) is 7.69. The van der Waals surface area contributed by atoms with Crippen LogP contribution in [0.1, 0.15) is 27.5 Å². The molecule has 1 amide bonds. The lowest BCUT2D eigenvalue weighted by atomic mass is 10.0. The Kier molecular flexibility index (Phi) is 5.67. The normalized spacial score (nSPS) is 18.8. The molecule has 1 aliphatic rings. The minimum absolute atomic E-state index is 0.0322. The molecule has 0 aliphatic heterocycles. The van der Waals surface area contributed by atoms with Crippen LogP contribution in [0.15, 0.2) is 36.4 Å². The molecule has 7 nitrogen and oxygen atoms in total. The molecule has 2 atom stereocenters. The number of sulfonamides is 1. The topological polar surface area (TPSA) is 111 Å². The zero-order valence-corrected chi connectivity index (χ0v) is 17.7. The Bertz CT molecular complexity index is 1120. The molecule has 10 heteroatoms. The van der Waals surface area contributed by atoms with E-state index in [1.807, 2.05) is 24.3 Å². The summed E-state index contributed by atoms with van der Waals surface area (Å²) in [6.45, 7) is -0.301. The van der Waals surface area contributed by atoms with Gasteiger partial charge in [0, 0.05) is 23.9 Å². The molecule has 2 aromatic heterocycles. The average Bonchev–Trinajstić information content (AvgIpc) is 3.31. The summed E-state index contributed by atoms with van der Waals surface area (Å²) < 4.78 is 27.9. The van der Waals surface area contributed by atoms with E-state index in [1.165, 1.54) is 11.3 Å². The van der Waals surface area contributed by atoms with Crippen LogP contribution in [-0.4, -0.2) is 49.4 Å². The number of aromatic nitrogens is 1. The number of hydrogen-bond donors (Lipinski definition) is 4. The highest BCUT2D eigenvalue weighted by Gasteiger charge is 2.36. The summed E-state index contributed by atoms with van der Waals surface area (Å²) in [6, 6.07) is 10.8. The van der Waals surface area contributed by atoms with E-state index in [9.17, 15) is 13.2 Å². The van der Waals surface area contributed by atoms with E-state index in [0.717, 1.165) is 21.3 Å². The van der Waals surface area contributed by atoms with Crippen LogP contribution in [0, 0.1) is 0 Å². The van der Waals surface area contributed by atoms with Crippen molar-refractivity contribution in [2.24, 2.45) is 0 Å². The fraction of sp³-hybridized carbons (Fsp3) is 0.316.